The summed E-state index contributed by atoms with van der Waals surface area (Å²) >= 11 is 0. The Hall–Kier alpha value is -3.32. The SMILES string of the molecule is COCCOCOC1CC2[C@](C)(CC[C@H](OC(C)=O)[C@@]2(C)COC(C)=O)C2[C@@H](O)c3c(cc(-c4cccnc4)oc3=O)O[C@]12C. The predicted octanol–water partition coefficient (Wildman–Crippen LogP) is 3.83. The molecule has 0 saturated heterocycles. The van der Waals surface area contributed by atoms with Crippen molar-refractivity contribution in [3.8, 4) is 17.1 Å². The normalized spacial score (nSPS) is 33.6. The molecule has 2 aliphatic carbocycles. The fourth-order valence-electron chi connectivity index (χ4n) is 8.24. The van der Waals surface area contributed by atoms with Gasteiger partial charge in [-0.3, -0.25) is 14.6 Å². The van der Waals surface area contributed by atoms with Crippen molar-refractivity contribution in [2.45, 2.75) is 77.8 Å². The third-order valence-corrected chi connectivity index (χ3v) is 10.2. The van der Waals surface area contributed by atoms with Gasteiger partial charge in [-0.1, -0.05) is 13.8 Å². The summed E-state index contributed by atoms with van der Waals surface area (Å²) in [5, 5.41) is 12.2. The van der Waals surface area contributed by atoms with E-state index in [9.17, 15) is 19.5 Å². The van der Waals surface area contributed by atoms with Gasteiger partial charge in [0.1, 0.15) is 48.3 Å². The topological polar surface area (TPSA) is 153 Å². The van der Waals surface area contributed by atoms with E-state index < -0.39 is 58.2 Å². The number of carbonyl (C=O) groups is 2. The number of fused-ring (bicyclic) bond motifs is 4. The molecule has 12 heteroatoms. The number of aliphatic hydroxyl groups is 1. The van der Waals surface area contributed by atoms with Gasteiger partial charge in [0.15, 0.2) is 0 Å². The minimum Gasteiger partial charge on any atom is -0.484 e. The van der Waals surface area contributed by atoms with Gasteiger partial charge in [0.2, 0.25) is 0 Å². The second-order valence-corrected chi connectivity index (χ2v) is 13.0. The van der Waals surface area contributed by atoms with Crippen molar-refractivity contribution in [2.24, 2.45) is 22.7 Å². The molecule has 45 heavy (non-hydrogen) atoms. The van der Waals surface area contributed by atoms with Crippen molar-refractivity contribution in [3.63, 3.8) is 0 Å². The van der Waals surface area contributed by atoms with E-state index >= 15 is 0 Å². The van der Waals surface area contributed by atoms with Crippen LogP contribution in [0.15, 0.2) is 39.8 Å². The minimum atomic E-state index is -1.28. The highest BCUT2D eigenvalue weighted by Crippen LogP contribution is 2.67. The third-order valence-electron chi connectivity index (χ3n) is 10.2. The maximum absolute atomic E-state index is 13.5. The van der Waals surface area contributed by atoms with Crippen molar-refractivity contribution in [2.75, 3.05) is 33.7 Å². The zero-order valence-electron chi connectivity index (χ0n) is 26.7. The van der Waals surface area contributed by atoms with Gasteiger partial charge in [0.05, 0.1) is 19.3 Å². The Bertz CT molecular complexity index is 1450. The molecule has 12 nitrogen and oxygen atoms in total. The first-order chi connectivity index (χ1) is 21.3. The summed E-state index contributed by atoms with van der Waals surface area (Å²) in [7, 11) is 1.58. The Morgan fingerprint density at radius 1 is 1.13 bits per heavy atom. The highest BCUT2D eigenvalue weighted by atomic mass is 16.7. The number of carbonyl (C=O) groups excluding carboxylic acids is 2. The fourth-order valence-corrected chi connectivity index (χ4v) is 8.24. The molecule has 246 valence electrons. The van der Waals surface area contributed by atoms with Crippen LogP contribution in [0.4, 0.5) is 0 Å². The van der Waals surface area contributed by atoms with Crippen molar-refractivity contribution in [1.29, 1.82) is 0 Å². The molecule has 1 N–H and O–H groups in total. The van der Waals surface area contributed by atoms with Crippen molar-refractivity contribution < 1.29 is 47.5 Å². The molecule has 5 rings (SSSR count). The second-order valence-electron chi connectivity index (χ2n) is 13.0. The number of ether oxygens (including phenoxy) is 6. The molecule has 0 amide bonds. The number of methoxy groups -OCH3 is 1. The van der Waals surface area contributed by atoms with Crippen LogP contribution in [0.25, 0.3) is 11.3 Å². The Balaban J connectivity index is 1.61. The first-order valence-electron chi connectivity index (χ1n) is 15.3. The first kappa shape index (κ1) is 33.1. The van der Waals surface area contributed by atoms with Gasteiger partial charge in [-0.2, -0.15) is 0 Å². The highest BCUT2D eigenvalue weighted by molar-refractivity contribution is 5.67. The van der Waals surface area contributed by atoms with Gasteiger partial charge in [0.25, 0.3) is 0 Å². The Morgan fingerprint density at radius 3 is 2.58 bits per heavy atom. The number of esters is 2. The van der Waals surface area contributed by atoms with E-state index in [4.69, 9.17) is 32.8 Å². The molecule has 0 radical (unpaired) electrons. The summed E-state index contributed by atoms with van der Waals surface area (Å²) < 4.78 is 41.1. The molecule has 3 heterocycles. The molecular weight excluding hydrogens is 586 g/mol. The van der Waals surface area contributed by atoms with Gasteiger partial charge in [-0.05, 0) is 49.7 Å². The van der Waals surface area contributed by atoms with Crippen LogP contribution in [0, 0.1) is 22.7 Å². The number of aliphatic hydroxyl groups excluding tert-OH is 1. The van der Waals surface area contributed by atoms with Gasteiger partial charge in [-0.25, -0.2) is 4.79 Å². The van der Waals surface area contributed by atoms with E-state index in [1.807, 2.05) is 13.8 Å². The second kappa shape index (κ2) is 12.8. The van der Waals surface area contributed by atoms with E-state index in [2.05, 4.69) is 11.9 Å². The van der Waals surface area contributed by atoms with Gasteiger partial charge in [-0.15, -0.1) is 0 Å². The number of aromatic nitrogens is 1. The molecular formula is C33H43NO11. The average molecular weight is 630 g/mol. The van der Waals surface area contributed by atoms with Crippen LogP contribution in [0.3, 0.4) is 0 Å². The number of pyridine rings is 1. The van der Waals surface area contributed by atoms with E-state index in [-0.39, 0.29) is 36.4 Å². The lowest BCUT2D eigenvalue weighted by Gasteiger charge is -2.66. The molecule has 0 bridgehead atoms. The van der Waals surface area contributed by atoms with Crippen LogP contribution in [0.5, 0.6) is 5.75 Å². The standard InChI is InChI=1S/C33H43NO11/c1-19(35)41-17-32(4)24-15-26(42-18-40-13-12-39-6)33(5)29(31(24,3)10-9-25(32)43-20(2)36)28(37)27-23(45-33)14-22(44-30(27)38)21-8-7-11-34-16-21/h7-8,11,14,16,24-26,28-29,37H,9-10,12-13,15,17-18H2,1-6H3/t24?,25-,26?,28-,29?,31-,32-,33+/m0/s1. The van der Waals surface area contributed by atoms with Crippen molar-refractivity contribution in [3.05, 3.63) is 46.6 Å². The lowest BCUT2D eigenvalue weighted by molar-refractivity contribution is -0.284. The van der Waals surface area contributed by atoms with Crippen LogP contribution in [-0.4, -0.2) is 73.6 Å². The van der Waals surface area contributed by atoms with Crippen LogP contribution in [0.1, 0.15) is 65.5 Å². The van der Waals surface area contributed by atoms with E-state index in [0.717, 1.165) is 0 Å². The van der Waals surface area contributed by atoms with E-state index in [1.165, 1.54) is 13.8 Å². The summed E-state index contributed by atoms with van der Waals surface area (Å²) in [6.45, 7) is 9.20. The van der Waals surface area contributed by atoms with Crippen LogP contribution in [-0.2, 0) is 33.3 Å². The molecule has 2 aromatic rings. The van der Waals surface area contributed by atoms with Gasteiger partial charge in [0, 0.05) is 56.3 Å². The molecule has 1 aliphatic heterocycles. The maximum Gasteiger partial charge on any atom is 0.345 e. The summed E-state index contributed by atoms with van der Waals surface area (Å²) in [6.07, 6.45) is 2.11. The average Bonchev–Trinajstić information content (AvgIpc) is 2.98. The number of rotatable bonds is 10. The fraction of sp³-hybridized carbons (Fsp3) is 0.636. The summed E-state index contributed by atoms with van der Waals surface area (Å²) in [5.74, 6) is -1.38. The van der Waals surface area contributed by atoms with E-state index in [1.54, 1.807) is 37.7 Å². The van der Waals surface area contributed by atoms with E-state index in [0.29, 0.717) is 38.0 Å². The number of hydrogen-bond acceptors (Lipinski definition) is 12. The molecule has 2 saturated carbocycles. The van der Waals surface area contributed by atoms with Gasteiger partial charge >= 0.3 is 17.6 Å². The van der Waals surface area contributed by atoms with Gasteiger partial charge < -0.3 is 37.9 Å². The largest absolute Gasteiger partial charge is 0.484 e. The van der Waals surface area contributed by atoms with Crippen LogP contribution >= 0.6 is 0 Å². The van der Waals surface area contributed by atoms with Crippen molar-refractivity contribution in [1.82, 2.24) is 4.98 Å². The Labute approximate surface area is 262 Å². The summed E-state index contributed by atoms with van der Waals surface area (Å²) in [6, 6.07) is 5.11. The van der Waals surface area contributed by atoms with Crippen LogP contribution in [0.2, 0.25) is 0 Å². The first-order valence-corrected chi connectivity index (χ1v) is 15.3. The smallest absolute Gasteiger partial charge is 0.345 e. The van der Waals surface area contributed by atoms with Crippen LogP contribution < -0.4 is 10.4 Å². The molecule has 8 atom stereocenters. The maximum atomic E-state index is 13.5. The Kier molecular flexibility index (Phi) is 9.42. The molecule has 0 aromatic carbocycles. The Morgan fingerprint density at radius 2 is 1.91 bits per heavy atom. The minimum absolute atomic E-state index is 0.00875. The third kappa shape index (κ3) is 6.00. The molecule has 3 aliphatic rings. The molecule has 2 aromatic heterocycles. The molecule has 0 spiro atoms. The van der Waals surface area contributed by atoms with Crippen molar-refractivity contribution >= 4 is 11.9 Å². The lowest BCUT2D eigenvalue weighted by atomic mass is 9.42. The molecule has 2 fully saturated rings. The highest BCUT2D eigenvalue weighted by Gasteiger charge is 2.70. The quantitative estimate of drug-likeness (QED) is 0.231. The zero-order valence-corrected chi connectivity index (χ0v) is 26.7. The number of nitrogens with zero attached hydrogens (tertiary/aromatic N) is 1. The lowest BCUT2D eigenvalue weighted by Crippen LogP contribution is -2.71. The summed E-state index contributed by atoms with van der Waals surface area (Å²) in [5.41, 5.74) is -2.74. The predicted molar refractivity (Wildman–Crippen MR) is 159 cm³/mol. The molecule has 3 unspecified atom stereocenters. The monoisotopic (exact) mass is 629 g/mol. The zero-order chi connectivity index (χ0) is 32.6. The summed E-state index contributed by atoms with van der Waals surface area (Å²) in [4.78, 5) is 41.9. The number of hydrogen-bond donors (Lipinski definition) is 1.